The molecule has 0 aliphatic heterocycles. The van der Waals surface area contributed by atoms with E-state index in [1.165, 1.54) is 12.7 Å². The molecule has 0 unspecified atom stereocenters. The molecule has 0 aliphatic rings. The van der Waals surface area contributed by atoms with E-state index in [1.54, 1.807) is 12.4 Å². The van der Waals surface area contributed by atoms with Gasteiger partial charge in [-0.25, -0.2) is 15.0 Å². The van der Waals surface area contributed by atoms with Crippen molar-refractivity contribution in [2.75, 3.05) is 0 Å². The molecule has 4 aromatic heterocycles. The Hall–Kier alpha value is -6.41. The van der Waals surface area contributed by atoms with Crippen molar-refractivity contribution in [3.05, 3.63) is 145 Å². The Bertz CT molecular complexity index is 2330. The minimum absolute atomic E-state index is 0.192. The van der Waals surface area contributed by atoms with Crippen molar-refractivity contribution in [1.82, 2.24) is 29.5 Å². The van der Waals surface area contributed by atoms with Gasteiger partial charge in [-0.15, -0.1) is 0 Å². The molecule has 250 valence electrons. The topological polar surface area (TPSA) is 87.8 Å². The Balaban J connectivity index is 1.30. The van der Waals surface area contributed by atoms with E-state index >= 15 is 0 Å². The Labute approximate surface area is 296 Å². The van der Waals surface area contributed by atoms with Gasteiger partial charge in [-0.3, -0.25) is 14.5 Å². The first-order chi connectivity index (χ1) is 24.9. The maximum atomic E-state index is 6.72. The summed E-state index contributed by atoms with van der Waals surface area (Å²) >= 11 is 0. The van der Waals surface area contributed by atoms with Crippen molar-refractivity contribution in [2.24, 2.45) is 0 Å². The van der Waals surface area contributed by atoms with Crippen LogP contribution >= 0.6 is 0 Å². The van der Waals surface area contributed by atoms with E-state index in [1.807, 2.05) is 84.9 Å². The van der Waals surface area contributed by atoms with Gasteiger partial charge in [0.15, 0.2) is 0 Å². The van der Waals surface area contributed by atoms with Crippen LogP contribution in [0.5, 0.6) is 23.0 Å². The molecular weight excluding hydrogens is 633 g/mol. The van der Waals surface area contributed by atoms with E-state index in [4.69, 9.17) is 9.47 Å². The second-order valence-corrected chi connectivity index (χ2v) is 13.1. The Morgan fingerprint density at radius 3 is 1.43 bits per heavy atom. The Kier molecular flexibility index (Phi) is 8.41. The molecule has 4 aromatic carbocycles. The van der Waals surface area contributed by atoms with Gasteiger partial charge in [-0.1, -0.05) is 64.1 Å². The van der Waals surface area contributed by atoms with E-state index in [9.17, 15) is 0 Å². The largest absolute Gasteiger partial charge is 0.457 e. The van der Waals surface area contributed by atoms with Crippen molar-refractivity contribution < 1.29 is 9.47 Å². The molecule has 0 aliphatic carbocycles. The van der Waals surface area contributed by atoms with Crippen LogP contribution < -0.4 is 9.47 Å². The fraction of sp³-hybridized carbons (Fsp3) is 0.140. The summed E-state index contributed by atoms with van der Waals surface area (Å²) in [5.74, 6) is 3.88. The third kappa shape index (κ3) is 6.28. The molecule has 8 nitrogen and oxygen atoms in total. The summed E-state index contributed by atoms with van der Waals surface area (Å²) in [6.45, 7) is 8.75. The number of fused-ring (bicyclic) bond motifs is 3. The average molecular weight is 669 g/mol. The zero-order valence-corrected chi connectivity index (χ0v) is 28.9. The first-order valence-corrected chi connectivity index (χ1v) is 17.1. The van der Waals surface area contributed by atoms with Gasteiger partial charge in [-0.05, 0) is 83.6 Å². The fourth-order valence-corrected chi connectivity index (χ4v) is 6.50. The van der Waals surface area contributed by atoms with Crippen molar-refractivity contribution in [3.63, 3.8) is 0 Å². The summed E-state index contributed by atoms with van der Waals surface area (Å²) in [6, 6.07) is 36.6. The van der Waals surface area contributed by atoms with Gasteiger partial charge in [0.2, 0.25) is 5.95 Å². The molecule has 0 fully saturated rings. The Morgan fingerprint density at radius 1 is 0.510 bits per heavy atom. The van der Waals surface area contributed by atoms with Crippen molar-refractivity contribution in [1.29, 1.82) is 0 Å². The lowest BCUT2D eigenvalue weighted by atomic mass is 9.96. The van der Waals surface area contributed by atoms with Gasteiger partial charge in [-0.2, -0.15) is 0 Å². The summed E-state index contributed by atoms with van der Waals surface area (Å²) in [7, 11) is 0. The molecule has 0 saturated heterocycles. The highest BCUT2D eigenvalue weighted by Crippen LogP contribution is 2.43. The zero-order chi connectivity index (χ0) is 34.9. The van der Waals surface area contributed by atoms with Crippen LogP contribution in [0, 0.1) is 0 Å². The second-order valence-electron chi connectivity index (χ2n) is 13.1. The van der Waals surface area contributed by atoms with Crippen molar-refractivity contribution in [2.45, 2.75) is 39.5 Å². The van der Waals surface area contributed by atoms with E-state index < -0.39 is 0 Å². The molecule has 8 aromatic rings. The maximum absolute atomic E-state index is 6.72. The third-order valence-electron chi connectivity index (χ3n) is 9.00. The fourth-order valence-electron chi connectivity index (χ4n) is 6.50. The number of ether oxygens (including phenoxy) is 2. The minimum atomic E-state index is 0.192. The summed E-state index contributed by atoms with van der Waals surface area (Å²) in [5.41, 5.74) is 7.77. The van der Waals surface area contributed by atoms with Crippen LogP contribution in [-0.2, 0) is 0 Å². The summed E-state index contributed by atoms with van der Waals surface area (Å²) < 4.78 is 15.5. The predicted octanol–water partition coefficient (Wildman–Crippen LogP) is 10.9. The van der Waals surface area contributed by atoms with Gasteiger partial charge in [0, 0.05) is 46.4 Å². The number of hydrogen-bond acceptors (Lipinski definition) is 7. The van der Waals surface area contributed by atoms with Gasteiger partial charge in [0.25, 0.3) is 0 Å². The van der Waals surface area contributed by atoms with Crippen LogP contribution in [-0.4, -0.2) is 29.5 Å². The maximum Gasteiger partial charge on any atom is 0.237 e. The lowest BCUT2D eigenvalue weighted by Gasteiger charge is -2.16. The van der Waals surface area contributed by atoms with Crippen LogP contribution in [0.25, 0.3) is 50.3 Å². The highest BCUT2D eigenvalue weighted by Gasteiger charge is 2.22. The van der Waals surface area contributed by atoms with Crippen molar-refractivity contribution >= 4 is 21.8 Å². The Morgan fingerprint density at radius 2 is 1.00 bits per heavy atom. The summed E-state index contributed by atoms with van der Waals surface area (Å²) in [5, 5.41) is 2.16. The summed E-state index contributed by atoms with van der Waals surface area (Å²) in [6.07, 6.45) is 6.64. The molecule has 0 saturated carbocycles. The number of pyridine rings is 2. The lowest BCUT2D eigenvalue weighted by molar-refractivity contribution is 0.474. The van der Waals surface area contributed by atoms with E-state index in [-0.39, 0.29) is 11.8 Å². The van der Waals surface area contributed by atoms with Crippen molar-refractivity contribution in [3.8, 4) is 51.5 Å². The first-order valence-electron chi connectivity index (χ1n) is 17.1. The molecule has 51 heavy (non-hydrogen) atoms. The molecule has 8 heteroatoms. The normalized spacial score (nSPS) is 11.5. The van der Waals surface area contributed by atoms with Gasteiger partial charge < -0.3 is 9.47 Å². The number of hydrogen-bond donors (Lipinski definition) is 0. The van der Waals surface area contributed by atoms with E-state index in [0.717, 1.165) is 78.4 Å². The minimum Gasteiger partial charge on any atom is -0.457 e. The van der Waals surface area contributed by atoms with Gasteiger partial charge >= 0.3 is 0 Å². The van der Waals surface area contributed by atoms with Gasteiger partial charge in [0.1, 0.15) is 35.7 Å². The number of nitrogens with zero attached hydrogens (tertiary/aromatic N) is 6. The van der Waals surface area contributed by atoms with E-state index in [2.05, 4.69) is 81.4 Å². The number of benzene rings is 4. The zero-order valence-electron chi connectivity index (χ0n) is 28.9. The monoisotopic (exact) mass is 668 g/mol. The molecular formula is C43H36N6O2. The predicted molar refractivity (Wildman–Crippen MR) is 202 cm³/mol. The smallest absolute Gasteiger partial charge is 0.237 e. The highest BCUT2D eigenvalue weighted by atomic mass is 16.5. The molecule has 0 amide bonds. The van der Waals surface area contributed by atoms with Crippen LogP contribution in [0.3, 0.4) is 0 Å². The van der Waals surface area contributed by atoms with Crippen LogP contribution in [0.1, 0.15) is 50.7 Å². The number of aromatic nitrogens is 6. The molecule has 0 radical (unpaired) electrons. The SMILES string of the molecule is CC(C)c1cc2c3cc(C(C)C)c(Oc4cccc(-c5ccccn5)c4)cc3n(-c3ncncn3)c2cc1Oc1cccc(-c2ccccn2)c1. The van der Waals surface area contributed by atoms with Crippen LogP contribution in [0.15, 0.2) is 134 Å². The van der Waals surface area contributed by atoms with Crippen LogP contribution in [0.4, 0.5) is 0 Å². The van der Waals surface area contributed by atoms with E-state index in [0.29, 0.717) is 5.95 Å². The third-order valence-corrected chi connectivity index (χ3v) is 9.00. The quantitative estimate of drug-likeness (QED) is 0.151. The second kappa shape index (κ2) is 13.5. The van der Waals surface area contributed by atoms with Crippen LogP contribution in [0.2, 0.25) is 0 Å². The van der Waals surface area contributed by atoms with Gasteiger partial charge in [0.05, 0.1) is 22.4 Å². The highest BCUT2D eigenvalue weighted by molar-refractivity contribution is 6.10. The standard InChI is InChI=1S/C43H36N6O2/c1-27(2)33-21-35-36-22-34(28(3)4)42(51-32-14-10-12-30(20-32)38-16-6-8-18-46-38)24-40(36)49(43-47-25-44-26-48-43)39(35)23-41(33)50-31-13-9-11-29(19-31)37-15-5-7-17-45-37/h5-28H,1-4H3. The molecule has 0 N–H and O–H groups in total. The molecule has 0 bridgehead atoms. The molecule has 0 atom stereocenters. The average Bonchev–Trinajstić information content (AvgIpc) is 3.47. The summed E-state index contributed by atoms with van der Waals surface area (Å²) in [4.78, 5) is 22.4. The molecule has 4 heterocycles. The first kappa shape index (κ1) is 31.8. The lowest BCUT2D eigenvalue weighted by Crippen LogP contribution is -2.02. The number of rotatable bonds is 9. The molecule has 0 spiro atoms. The molecule has 8 rings (SSSR count).